The van der Waals surface area contributed by atoms with E-state index in [1.807, 2.05) is 0 Å². The van der Waals surface area contributed by atoms with Crippen LogP contribution in [0.2, 0.25) is 0 Å². The highest BCUT2D eigenvalue weighted by Gasteiger charge is 2.21. The molecule has 0 heterocycles. The summed E-state index contributed by atoms with van der Waals surface area (Å²) in [5, 5.41) is 23.6. The summed E-state index contributed by atoms with van der Waals surface area (Å²) in [6.07, 6.45) is 3.85. The molecule has 0 bridgehead atoms. The Labute approximate surface area is 117 Å². The van der Waals surface area contributed by atoms with E-state index in [0.29, 0.717) is 18.9 Å². The number of nitrogens with one attached hydrogen (secondary N) is 1. The Balaban J connectivity index is 1.69. The fourth-order valence-corrected chi connectivity index (χ4v) is 2.43. The highest BCUT2D eigenvalue weighted by Crippen LogP contribution is 2.19. The van der Waals surface area contributed by atoms with E-state index in [1.54, 1.807) is 12.1 Å². The summed E-state index contributed by atoms with van der Waals surface area (Å²) in [5.74, 6) is 0.613. The van der Waals surface area contributed by atoms with Crippen LogP contribution in [0.25, 0.3) is 0 Å². The number of non-ortho nitro benzene ring substituents is 1. The lowest BCUT2D eigenvalue weighted by atomic mass is 9.93. The van der Waals surface area contributed by atoms with Gasteiger partial charge in [0.2, 0.25) is 0 Å². The van der Waals surface area contributed by atoms with Gasteiger partial charge in [0, 0.05) is 24.7 Å². The molecule has 0 saturated heterocycles. The van der Waals surface area contributed by atoms with E-state index >= 15 is 0 Å². The van der Waals surface area contributed by atoms with Crippen LogP contribution in [0.4, 0.5) is 5.69 Å². The van der Waals surface area contributed by atoms with Crippen LogP contribution in [0.15, 0.2) is 24.3 Å². The number of rotatable bonds is 6. The molecule has 1 aliphatic carbocycles. The van der Waals surface area contributed by atoms with Gasteiger partial charge in [-0.25, -0.2) is 0 Å². The minimum Gasteiger partial charge on any atom is -0.492 e. The standard InChI is InChI=1S/C14H20N2O4/c17-14-4-2-1-3-13(14)15-9-10-20-12-7-5-11(6-8-12)16(18)19/h5-8,13-15,17H,1-4,9-10H2. The third kappa shape index (κ3) is 4.18. The Hall–Kier alpha value is -1.66. The molecule has 0 aromatic heterocycles. The summed E-state index contributed by atoms with van der Waals surface area (Å²) in [5.41, 5.74) is 0.0563. The van der Waals surface area contributed by atoms with Gasteiger partial charge in [-0.3, -0.25) is 10.1 Å². The summed E-state index contributed by atoms with van der Waals surface area (Å²) in [6.45, 7) is 1.12. The highest BCUT2D eigenvalue weighted by molar-refractivity contribution is 5.35. The summed E-state index contributed by atoms with van der Waals surface area (Å²) in [4.78, 5) is 10.1. The van der Waals surface area contributed by atoms with Crippen molar-refractivity contribution in [3.8, 4) is 5.75 Å². The van der Waals surface area contributed by atoms with Crippen LogP contribution in [-0.4, -0.2) is 35.3 Å². The van der Waals surface area contributed by atoms with Crippen molar-refractivity contribution < 1.29 is 14.8 Å². The van der Waals surface area contributed by atoms with Gasteiger partial charge in [-0.1, -0.05) is 12.8 Å². The average molecular weight is 280 g/mol. The molecule has 6 nitrogen and oxygen atoms in total. The van der Waals surface area contributed by atoms with Gasteiger partial charge in [0.1, 0.15) is 12.4 Å². The van der Waals surface area contributed by atoms with Gasteiger partial charge < -0.3 is 15.2 Å². The number of benzene rings is 1. The van der Waals surface area contributed by atoms with Gasteiger partial charge in [0.15, 0.2) is 0 Å². The van der Waals surface area contributed by atoms with Crippen molar-refractivity contribution in [2.75, 3.05) is 13.2 Å². The van der Waals surface area contributed by atoms with E-state index in [4.69, 9.17) is 4.74 Å². The van der Waals surface area contributed by atoms with Crippen LogP contribution in [0, 0.1) is 10.1 Å². The van der Waals surface area contributed by atoms with Gasteiger partial charge >= 0.3 is 0 Å². The minimum absolute atomic E-state index is 0.0563. The predicted molar refractivity (Wildman–Crippen MR) is 74.9 cm³/mol. The number of hydrogen-bond donors (Lipinski definition) is 2. The fourth-order valence-electron chi connectivity index (χ4n) is 2.43. The molecule has 2 atom stereocenters. The van der Waals surface area contributed by atoms with Crippen LogP contribution < -0.4 is 10.1 Å². The zero-order valence-electron chi connectivity index (χ0n) is 11.3. The highest BCUT2D eigenvalue weighted by atomic mass is 16.6. The summed E-state index contributed by atoms with van der Waals surface area (Å²) >= 11 is 0. The normalized spacial score (nSPS) is 22.4. The zero-order chi connectivity index (χ0) is 14.4. The lowest BCUT2D eigenvalue weighted by Gasteiger charge is -2.28. The first-order chi connectivity index (χ1) is 9.66. The zero-order valence-corrected chi connectivity index (χ0v) is 11.3. The molecule has 0 amide bonds. The number of nitro groups is 1. The van der Waals surface area contributed by atoms with Gasteiger partial charge in [0.05, 0.1) is 11.0 Å². The molecule has 2 rings (SSSR count). The Morgan fingerprint density at radius 3 is 2.65 bits per heavy atom. The van der Waals surface area contributed by atoms with E-state index in [9.17, 15) is 15.2 Å². The van der Waals surface area contributed by atoms with Crippen molar-refractivity contribution in [3.63, 3.8) is 0 Å². The Morgan fingerprint density at radius 1 is 1.30 bits per heavy atom. The molecule has 1 fully saturated rings. The molecular weight excluding hydrogens is 260 g/mol. The van der Waals surface area contributed by atoms with Crippen LogP contribution in [0.3, 0.4) is 0 Å². The van der Waals surface area contributed by atoms with Crippen molar-refractivity contribution in [2.45, 2.75) is 37.8 Å². The number of ether oxygens (including phenoxy) is 1. The molecule has 110 valence electrons. The molecule has 20 heavy (non-hydrogen) atoms. The van der Waals surface area contributed by atoms with Gasteiger partial charge in [-0.2, -0.15) is 0 Å². The Kier molecular flexibility index (Phi) is 5.31. The third-order valence-electron chi connectivity index (χ3n) is 3.55. The predicted octanol–water partition coefficient (Wildman–Crippen LogP) is 1.87. The van der Waals surface area contributed by atoms with E-state index in [2.05, 4.69) is 5.32 Å². The molecule has 0 spiro atoms. The maximum atomic E-state index is 10.5. The minimum atomic E-state index is -0.435. The van der Waals surface area contributed by atoms with E-state index < -0.39 is 4.92 Å². The number of nitrogens with zero attached hydrogens (tertiary/aromatic N) is 1. The van der Waals surface area contributed by atoms with Gasteiger partial charge in [-0.05, 0) is 25.0 Å². The lowest BCUT2D eigenvalue weighted by Crippen LogP contribution is -2.43. The number of aliphatic hydroxyl groups excluding tert-OH is 1. The molecule has 0 radical (unpaired) electrons. The average Bonchev–Trinajstić information content (AvgIpc) is 2.46. The quantitative estimate of drug-likeness (QED) is 0.472. The Bertz CT molecular complexity index is 435. The van der Waals surface area contributed by atoms with Crippen molar-refractivity contribution in [3.05, 3.63) is 34.4 Å². The van der Waals surface area contributed by atoms with Crippen molar-refractivity contribution in [2.24, 2.45) is 0 Å². The van der Waals surface area contributed by atoms with Crippen LogP contribution >= 0.6 is 0 Å². The second-order valence-electron chi connectivity index (χ2n) is 5.01. The van der Waals surface area contributed by atoms with Gasteiger partial charge in [0.25, 0.3) is 5.69 Å². The Morgan fingerprint density at radius 2 is 2.00 bits per heavy atom. The molecule has 2 N–H and O–H groups in total. The fraction of sp³-hybridized carbons (Fsp3) is 0.571. The summed E-state index contributed by atoms with van der Waals surface area (Å²) in [6, 6.07) is 6.19. The maximum absolute atomic E-state index is 10.5. The first kappa shape index (κ1) is 14.7. The van der Waals surface area contributed by atoms with Crippen molar-refractivity contribution >= 4 is 5.69 Å². The summed E-state index contributed by atoms with van der Waals surface area (Å²) < 4.78 is 5.50. The van der Waals surface area contributed by atoms with E-state index in [0.717, 1.165) is 25.7 Å². The molecule has 1 aromatic rings. The number of hydrogen-bond acceptors (Lipinski definition) is 5. The van der Waals surface area contributed by atoms with Crippen LogP contribution in [0.5, 0.6) is 5.75 Å². The topological polar surface area (TPSA) is 84.6 Å². The third-order valence-corrected chi connectivity index (χ3v) is 3.55. The first-order valence-corrected chi connectivity index (χ1v) is 6.95. The SMILES string of the molecule is O=[N+]([O-])c1ccc(OCCNC2CCCCC2O)cc1. The van der Waals surface area contributed by atoms with Gasteiger partial charge in [-0.15, -0.1) is 0 Å². The largest absolute Gasteiger partial charge is 0.492 e. The van der Waals surface area contributed by atoms with Crippen molar-refractivity contribution in [1.82, 2.24) is 5.32 Å². The smallest absolute Gasteiger partial charge is 0.269 e. The molecule has 1 aromatic carbocycles. The maximum Gasteiger partial charge on any atom is 0.269 e. The molecule has 6 heteroatoms. The van der Waals surface area contributed by atoms with Crippen LogP contribution in [-0.2, 0) is 0 Å². The first-order valence-electron chi connectivity index (χ1n) is 6.95. The molecule has 1 aliphatic rings. The van der Waals surface area contributed by atoms with Crippen molar-refractivity contribution in [1.29, 1.82) is 0 Å². The lowest BCUT2D eigenvalue weighted by molar-refractivity contribution is -0.384. The number of nitro benzene ring substituents is 1. The molecule has 0 aliphatic heterocycles. The van der Waals surface area contributed by atoms with E-state index in [1.165, 1.54) is 12.1 Å². The molecule has 2 unspecified atom stereocenters. The number of aliphatic hydroxyl groups is 1. The van der Waals surface area contributed by atoms with E-state index in [-0.39, 0.29) is 17.8 Å². The molecule has 1 saturated carbocycles. The second-order valence-corrected chi connectivity index (χ2v) is 5.01. The van der Waals surface area contributed by atoms with Crippen LogP contribution in [0.1, 0.15) is 25.7 Å². The monoisotopic (exact) mass is 280 g/mol. The summed E-state index contributed by atoms with van der Waals surface area (Å²) in [7, 11) is 0. The second kappa shape index (κ2) is 7.21. The molecular formula is C14H20N2O4.